The minimum atomic E-state index is -0.593. The van der Waals surface area contributed by atoms with Gasteiger partial charge < -0.3 is 15.0 Å². The number of benzene rings is 2. The van der Waals surface area contributed by atoms with Crippen LogP contribution in [0.15, 0.2) is 42.5 Å². The summed E-state index contributed by atoms with van der Waals surface area (Å²) in [4.78, 5) is 27.9. The highest BCUT2D eigenvalue weighted by Crippen LogP contribution is 2.24. The molecule has 2 aromatic rings. The Kier molecular flexibility index (Phi) is 10.1. The number of amides is 2. The quantitative estimate of drug-likeness (QED) is 0.402. The van der Waals surface area contributed by atoms with Crippen molar-refractivity contribution in [3.05, 3.63) is 63.6 Å². The summed E-state index contributed by atoms with van der Waals surface area (Å²) in [5.41, 5.74) is 1.58. The number of nitrogens with one attached hydrogen (secondary N) is 1. The van der Waals surface area contributed by atoms with Crippen molar-refractivity contribution in [2.24, 2.45) is 0 Å². The van der Waals surface area contributed by atoms with Gasteiger partial charge in [0, 0.05) is 18.5 Å². The van der Waals surface area contributed by atoms with Crippen LogP contribution in [0.2, 0.25) is 10.0 Å². The molecule has 0 bridgehead atoms. The topological polar surface area (TPSA) is 58.6 Å². The van der Waals surface area contributed by atoms with E-state index in [1.54, 1.807) is 17.0 Å². The van der Waals surface area contributed by atoms with Gasteiger partial charge in [0.1, 0.15) is 11.8 Å². The van der Waals surface area contributed by atoms with E-state index < -0.39 is 11.6 Å². The normalized spacial score (nSPS) is 12.2. The Morgan fingerprint density at radius 1 is 1.06 bits per heavy atom. The van der Waals surface area contributed by atoms with Crippen LogP contribution in [-0.4, -0.2) is 34.9 Å². The highest BCUT2D eigenvalue weighted by atomic mass is 35.5. The number of hydrogen-bond donors (Lipinski definition) is 1. The van der Waals surface area contributed by atoms with Crippen LogP contribution in [0.3, 0.4) is 0 Å². The van der Waals surface area contributed by atoms with Gasteiger partial charge in [0.15, 0.2) is 0 Å². The molecule has 0 saturated carbocycles. The van der Waals surface area contributed by atoms with E-state index in [-0.39, 0.29) is 24.8 Å². The SMILES string of the molecule is CC[C@H](C(=O)NC(C)(C)C)N(Cc1ccc(Cl)c(Cl)c1)C(=O)CCCOc1ccc(C)cc1. The number of rotatable bonds is 10. The molecule has 0 radical (unpaired) electrons. The van der Waals surface area contributed by atoms with E-state index in [4.69, 9.17) is 27.9 Å². The maximum atomic E-state index is 13.3. The molecule has 7 heteroatoms. The fourth-order valence-electron chi connectivity index (χ4n) is 3.40. The summed E-state index contributed by atoms with van der Waals surface area (Å²) in [5, 5.41) is 3.87. The summed E-state index contributed by atoms with van der Waals surface area (Å²) in [6, 6.07) is 12.5. The van der Waals surface area contributed by atoms with Gasteiger partial charge in [0.25, 0.3) is 0 Å². The maximum absolute atomic E-state index is 13.3. The van der Waals surface area contributed by atoms with Crippen LogP contribution in [0.25, 0.3) is 0 Å². The van der Waals surface area contributed by atoms with Gasteiger partial charge in [-0.2, -0.15) is 0 Å². The van der Waals surface area contributed by atoms with Crippen molar-refractivity contribution in [3.63, 3.8) is 0 Å². The molecular weight excluding hydrogens is 459 g/mol. The highest BCUT2D eigenvalue weighted by Gasteiger charge is 2.30. The molecule has 0 fully saturated rings. The van der Waals surface area contributed by atoms with Gasteiger partial charge in [-0.25, -0.2) is 0 Å². The van der Waals surface area contributed by atoms with E-state index >= 15 is 0 Å². The standard InChI is InChI=1S/C26H34Cl2N2O3/c1-6-23(25(32)29-26(3,4)5)30(17-19-11-14-21(27)22(28)16-19)24(31)8-7-15-33-20-12-9-18(2)10-13-20/h9-14,16,23H,6-8,15,17H2,1-5H3,(H,29,32)/t23-/m1/s1. The van der Waals surface area contributed by atoms with Crippen LogP contribution >= 0.6 is 23.2 Å². The molecule has 0 unspecified atom stereocenters. The van der Waals surface area contributed by atoms with Crippen LogP contribution in [0.1, 0.15) is 58.1 Å². The zero-order chi connectivity index (χ0) is 24.6. The van der Waals surface area contributed by atoms with E-state index in [1.807, 2.05) is 65.0 Å². The molecule has 33 heavy (non-hydrogen) atoms. The van der Waals surface area contributed by atoms with Crippen molar-refractivity contribution < 1.29 is 14.3 Å². The van der Waals surface area contributed by atoms with Crippen molar-refractivity contribution in [1.29, 1.82) is 0 Å². The number of nitrogens with zero attached hydrogens (tertiary/aromatic N) is 1. The molecule has 0 aliphatic carbocycles. The largest absolute Gasteiger partial charge is 0.494 e. The van der Waals surface area contributed by atoms with Gasteiger partial charge in [0.05, 0.1) is 16.7 Å². The third kappa shape index (κ3) is 8.90. The van der Waals surface area contributed by atoms with Gasteiger partial charge in [-0.15, -0.1) is 0 Å². The number of hydrogen-bond acceptors (Lipinski definition) is 3. The first kappa shape index (κ1) is 27.0. The van der Waals surface area contributed by atoms with Gasteiger partial charge >= 0.3 is 0 Å². The summed E-state index contributed by atoms with van der Waals surface area (Å²) in [5.74, 6) is 0.496. The predicted molar refractivity (Wildman–Crippen MR) is 135 cm³/mol. The lowest BCUT2D eigenvalue weighted by molar-refractivity contribution is -0.142. The molecule has 0 heterocycles. The first-order valence-electron chi connectivity index (χ1n) is 11.2. The Morgan fingerprint density at radius 2 is 1.73 bits per heavy atom. The molecule has 1 N–H and O–H groups in total. The lowest BCUT2D eigenvalue weighted by atomic mass is 10.0. The Morgan fingerprint density at radius 3 is 2.30 bits per heavy atom. The first-order chi connectivity index (χ1) is 15.5. The minimum absolute atomic E-state index is 0.107. The Hall–Kier alpha value is -2.24. The molecule has 0 aliphatic rings. The second-order valence-electron chi connectivity index (χ2n) is 9.20. The van der Waals surface area contributed by atoms with Crippen molar-refractivity contribution in [1.82, 2.24) is 10.2 Å². The van der Waals surface area contributed by atoms with E-state index in [1.165, 1.54) is 0 Å². The first-order valence-corrected chi connectivity index (χ1v) is 12.0. The minimum Gasteiger partial charge on any atom is -0.494 e. The summed E-state index contributed by atoms with van der Waals surface area (Å²) < 4.78 is 5.76. The monoisotopic (exact) mass is 492 g/mol. The summed E-state index contributed by atoms with van der Waals surface area (Å²) in [7, 11) is 0. The van der Waals surface area contributed by atoms with Gasteiger partial charge in [-0.05, 0) is 70.4 Å². The predicted octanol–water partition coefficient (Wildman–Crippen LogP) is 6.18. The molecule has 0 saturated heterocycles. The van der Waals surface area contributed by atoms with Crippen LogP contribution < -0.4 is 10.1 Å². The molecule has 0 spiro atoms. The van der Waals surface area contributed by atoms with Crippen LogP contribution in [0, 0.1) is 6.92 Å². The van der Waals surface area contributed by atoms with E-state index in [0.717, 1.165) is 16.9 Å². The fourth-order valence-corrected chi connectivity index (χ4v) is 3.72. The van der Waals surface area contributed by atoms with Crippen LogP contribution in [0.5, 0.6) is 5.75 Å². The van der Waals surface area contributed by atoms with Crippen molar-refractivity contribution >= 4 is 35.0 Å². The lowest BCUT2D eigenvalue weighted by Crippen LogP contribution is -2.53. The average molecular weight is 493 g/mol. The fraction of sp³-hybridized carbons (Fsp3) is 0.462. The zero-order valence-electron chi connectivity index (χ0n) is 20.1. The number of carbonyl (C=O) groups excluding carboxylic acids is 2. The average Bonchev–Trinajstić information content (AvgIpc) is 2.73. The Bertz CT molecular complexity index is 940. The zero-order valence-corrected chi connectivity index (χ0v) is 21.6. The number of ether oxygens (including phenoxy) is 1. The third-order valence-electron chi connectivity index (χ3n) is 5.05. The van der Waals surface area contributed by atoms with Crippen molar-refractivity contribution in [2.75, 3.05) is 6.61 Å². The summed E-state index contributed by atoms with van der Waals surface area (Å²) in [6.45, 7) is 10.4. The van der Waals surface area contributed by atoms with Crippen molar-refractivity contribution in [2.45, 2.75) is 72.0 Å². The van der Waals surface area contributed by atoms with Gasteiger partial charge in [-0.3, -0.25) is 9.59 Å². The van der Waals surface area contributed by atoms with Crippen molar-refractivity contribution in [3.8, 4) is 5.75 Å². The molecule has 0 aliphatic heterocycles. The second-order valence-corrected chi connectivity index (χ2v) is 10.0. The number of halogens is 2. The van der Waals surface area contributed by atoms with E-state index in [0.29, 0.717) is 29.5 Å². The van der Waals surface area contributed by atoms with Crippen LogP contribution in [0.4, 0.5) is 0 Å². The molecule has 180 valence electrons. The van der Waals surface area contributed by atoms with Crippen LogP contribution in [-0.2, 0) is 16.1 Å². The third-order valence-corrected chi connectivity index (χ3v) is 5.78. The maximum Gasteiger partial charge on any atom is 0.243 e. The molecule has 2 rings (SSSR count). The summed E-state index contributed by atoms with van der Waals surface area (Å²) >= 11 is 12.2. The number of carbonyl (C=O) groups is 2. The lowest BCUT2D eigenvalue weighted by Gasteiger charge is -2.33. The number of aryl methyl sites for hydroxylation is 1. The van der Waals surface area contributed by atoms with E-state index in [2.05, 4.69) is 5.32 Å². The smallest absolute Gasteiger partial charge is 0.243 e. The van der Waals surface area contributed by atoms with Gasteiger partial charge in [-0.1, -0.05) is 53.9 Å². The molecule has 0 aromatic heterocycles. The molecule has 2 aromatic carbocycles. The summed E-state index contributed by atoms with van der Waals surface area (Å²) in [6.07, 6.45) is 1.31. The molecule has 5 nitrogen and oxygen atoms in total. The second kappa shape index (κ2) is 12.3. The highest BCUT2D eigenvalue weighted by molar-refractivity contribution is 6.42. The molecular formula is C26H34Cl2N2O3. The Labute approximate surface area is 207 Å². The van der Waals surface area contributed by atoms with E-state index in [9.17, 15) is 9.59 Å². The molecule has 2 amide bonds. The Balaban J connectivity index is 2.11. The molecule has 1 atom stereocenters. The van der Waals surface area contributed by atoms with Gasteiger partial charge in [0.2, 0.25) is 11.8 Å².